The Labute approximate surface area is 211 Å². The zero-order valence-corrected chi connectivity index (χ0v) is 20.7. The molecule has 1 aromatic carbocycles. The van der Waals surface area contributed by atoms with Gasteiger partial charge in [0.05, 0.1) is 12.5 Å². The van der Waals surface area contributed by atoms with Gasteiger partial charge in [0.15, 0.2) is 5.82 Å². The second-order valence-corrected chi connectivity index (χ2v) is 10.3. The number of hydrogen-bond donors (Lipinski definition) is 1. The molecule has 0 radical (unpaired) electrons. The van der Waals surface area contributed by atoms with E-state index in [2.05, 4.69) is 15.5 Å². The van der Waals surface area contributed by atoms with Gasteiger partial charge in [-0.05, 0) is 37.7 Å². The second-order valence-electron chi connectivity index (χ2n) is 10.3. The summed E-state index contributed by atoms with van der Waals surface area (Å²) in [5.41, 5.74) is 1.11. The van der Waals surface area contributed by atoms with Gasteiger partial charge in [-0.3, -0.25) is 14.4 Å². The van der Waals surface area contributed by atoms with Crippen molar-refractivity contribution >= 4 is 17.7 Å². The molecule has 1 saturated carbocycles. The van der Waals surface area contributed by atoms with E-state index in [1.807, 2.05) is 35.2 Å². The lowest BCUT2D eigenvalue weighted by molar-refractivity contribution is -0.141. The topological polar surface area (TPSA) is 109 Å². The highest BCUT2D eigenvalue weighted by molar-refractivity contribution is 5.87. The van der Waals surface area contributed by atoms with Gasteiger partial charge in [0.25, 0.3) is 0 Å². The fourth-order valence-corrected chi connectivity index (χ4v) is 5.83. The zero-order chi connectivity index (χ0) is 24.9. The van der Waals surface area contributed by atoms with Gasteiger partial charge in [0.1, 0.15) is 0 Å². The minimum Gasteiger partial charge on any atom is -0.356 e. The Kier molecular flexibility index (Phi) is 7.63. The van der Waals surface area contributed by atoms with Crippen LogP contribution in [-0.4, -0.2) is 69.9 Å². The lowest BCUT2D eigenvalue weighted by Gasteiger charge is -2.33. The molecule has 2 saturated heterocycles. The molecule has 1 aliphatic carbocycles. The van der Waals surface area contributed by atoms with Crippen molar-refractivity contribution in [2.24, 2.45) is 5.92 Å². The van der Waals surface area contributed by atoms with E-state index in [0.717, 1.165) is 37.7 Å². The van der Waals surface area contributed by atoms with E-state index < -0.39 is 0 Å². The van der Waals surface area contributed by atoms with Gasteiger partial charge in [-0.2, -0.15) is 4.98 Å². The van der Waals surface area contributed by atoms with Crippen molar-refractivity contribution in [2.45, 2.75) is 69.7 Å². The lowest BCUT2D eigenvalue weighted by Crippen LogP contribution is -2.50. The van der Waals surface area contributed by atoms with Crippen molar-refractivity contribution in [3.8, 4) is 0 Å². The van der Waals surface area contributed by atoms with Gasteiger partial charge < -0.3 is 19.6 Å². The third kappa shape index (κ3) is 5.60. The van der Waals surface area contributed by atoms with Gasteiger partial charge in [0.2, 0.25) is 23.6 Å². The molecule has 1 N–H and O–H groups in total. The van der Waals surface area contributed by atoms with E-state index >= 15 is 0 Å². The first-order valence-corrected chi connectivity index (χ1v) is 13.3. The summed E-state index contributed by atoms with van der Waals surface area (Å²) in [6.07, 6.45) is 6.92. The number of fused-ring (bicyclic) bond motifs is 1. The molecule has 36 heavy (non-hydrogen) atoms. The van der Waals surface area contributed by atoms with Crippen LogP contribution in [0, 0.1) is 5.92 Å². The van der Waals surface area contributed by atoms with Crippen molar-refractivity contribution in [3.63, 3.8) is 0 Å². The Morgan fingerprint density at radius 2 is 1.86 bits per heavy atom. The van der Waals surface area contributed by atoms with E-state index in [0.29, 0.717) is 57.0 Å². The Morgan fingerprint density at radius 1 is 1.03 bits per heavy atom. The van der Waals surface area contributed by atoms with Crippen LogP contribution in [0.4, 0.5) is 0 Å². The largest absolute Gasteiger partial charge is 0.356 e. The van der Waals surface area contributed by atoms with E-state index in [1.54, 1.807) is 4.90 Å². The molecule has 9 heteroatoms. The molecule has 2 aliphatic heterocycles. The molecule has 1 aromatic heterocycles. The van der Waals surface area contributed by atoms with Gasteiger partial charge >= 0.3 is 0 Å². The Balaban J connectivity index is 1.35. The predicted octanol–water partition coefficient (Wildman–Crippen LogP) is 2.66. The highest BCUT2D eigenvalue weighted by Gasteiger charge is 2.45. The number of likely N-dealkylation sites (tertiary alicyclic amines) is 1. The first-order valence-electron chi connectivity index (χ1n) is 13.3. The summed E-state index contributed by atoms with van der Waals surface area (Å²) in [5, 5.41) is 7.28. The maximum Gasteiger partial charge on any atom is 0.242 e. The molecule has 3 unspecified atom stereocenters. The fourth-order valence-electron chi connectivity index (χ4n) is 5.83. The van der Waals surface area contributed by atoms with Crippen LogP contribution in [-0.2, 0) is 20.8 Å². The SMILES string of the molecule is O=C1NCCCCCCN(C(=O)CN2CCCC2=O)C2CC(c3nc(Cc4ccccc4)no3)CC12. The molecule has 3 amide bonds. The molecule has 3 aliphatic rings. The van der Waals surface area contributed by atoms with Crippen LogP contribution in [0.1, 0.15) is 74.6 Å². The number of amides is 3. The Morgan fingerprint density at radius 3 is 2.67 bits per heavy atom. The first-order chi connectivity index (χ1) is 17.6. The maximum atomic E-state index is 13.5. The molecule has 3 heterocycles. The van der Waals surface area contributed by atoms with Crippen molar-refractivity contribution in [1.29, 1.82) is 0 Å². The summed E-state index contributed by atoms with van der Waals surface area (Å²) in [7, 11) is 0. The molecule has 0 bridgehead atoms. The van der Waals surface area contributed by atoms with E-state index in [1.165, 1.54) is 0 Å². The van der Waals surface area contributed by atoms with Crippen molar-refractivity contribution in [3.05, 3.63) is 47.6 Å². The molecule has 0 spiro atoms. The summed E-state index contributed by atoms with van der Waals surface area (Å²) in [4.78, 5) is 47.1. The highest BCUT2D eigenvalue weighted by Crippen LogP contribution is 2.41. The quantitative estimate of drug-likeness (QED) is 0.686. The number of aromatic nitrogens is 2. The summed E-state index contributed by atoms with van der Waals surface area (Å²) in [6, 6.07) is 9.75. The van der Waals surface area contributed by atoms with Gasteiger partial charge in [0, 0.05) is 44.4 Å². The molecule has 3 atom stereocenters. The van der Waals surface area contributed by atoms with Gasteiger partial charge in [-0.15, -0.1) is 0 Å². The maximum absolute atomic E-state index is 13.5. The Hall–Kier alpha value is -3.23. The van der Waals surface area contributed by atoms with Crippen LogP contribution in [0.3, 0.4) is 0 Å². The van der Waals surface area contributed by atoms with Crippen molar-refractivity contribution < 1.29 is 18.9 Å². The number of nitrogens with zero attached hydrogens (tertiary/aromatic N) is 4. The van der Waals surface area contributed by atoms with Crippen LogP contribution < -0.4 is 5.32 Å². The third-order valence-electron chi connectivity index (χ3n) is 7.75. The first kappa shape index (κ1) is 24.5. The lowest BCUT2D eigenvalue weighted by atomic mass is 10.00. The van der Waals surface area contributed by atoms with Crippen LogP contribution in [0.25, 0.3) is 0 Å². The molecule has 2 aromatic rings. The summed E-state index contributed by atoms with van der Waals surface area (Å²) < 4.78 is 5.66. The van der Waals surface area contributed by atoms with Crippen LogP contribution in [0.15, 0.2) is 34.9 Å². The molecular formula is C27H35N5O4. The third-order valence-corrected chi connectivity index (χ3v) is 7.75. The minimum atomic E-state index is -0.337. The van der Waals surface area contributed by atoms with E-state index in [4.69, 9.17) is 4.52 Å². The smallest absolute Gasteiger partial charge is 0.242 e. The molecular weight excluding hydrogens is 458 g/mol. The predicted molar refractivity (Wildman–Crippen MR) is 132 cm³/mol. The second kappa shape index (κ2) is 11.2. The van der Waals surface area contributed by atoms with Gasteiger partial charge in [-0.25, -0.2) is 0 Å². The number of hydrogen-bond acceptors (Lipinski definition) is 6. The van der Waals surface area contributed by atoms with E-state index in [9.17, 15) is 14.4 Å². The molecule has 5 rings (SSSR count). The standard InChI is InChI=1S/C27H35N5O4/c33-24-11-8-13-31(24)18-25(34)32-14-7-2-1-6-12-28-26(35)21-16-20(17-22(21)32)27-29-23(30-36-27)15-19-9-4-3-5-10-19/h3-5,9-10,20-22H,1-2,6-8,11-18H2,(H,28,35). The monoisotopic (exact) mass is 493 g/mol. The molecule has 9 nitrogen and oxygen atoms in total. The van der Waals surface area contributed by atoms with Crippen LogP contribution in [0.5, 0.6) is 0 Å². The Bertz CT molecular complexity index is 1070. The number of carbonyl (C=O) groups excluding carboxylic acids is 3. The van der Waals surface area contributed by atoms with Crippen LogP contribution in [0.2, 0.25) is 0 Å². The minimum absolute atomic E-state index is 0.0107. The summed E-state index contributed by atoms with van der Waals surface area (Å²) in [6.45, 7) is 1.98. The number of benzene rings is 1. The van der Waals surface area contributed by atoms with Gasteiger partial charge in [-0.1, -0.05) is 48.3 Å². The summed E-state index contributed by atoms with van der Waals surface area (Å²) >= 11 is 0. The fraction of sp³-hybridized carbons (Fsp3) is 0.593. The molecule has 3 fully saturated rings. The summed E-state index contributed by atoms with van der Waals surface area (Å²) in [5.74, 6) is 0.694. The zero-order valence-electron chi connectivity index (χ0n) is 20.7. The van der Waals surface area contributed by atoms with Crippen molar-refractivity contribution in [1.82, 2.24) is 25.3 Å². The number of nitrogens with one attached hydrogen (secondary N) is 1. The normalized spacial score (nSPS) is 25.4. The van der Waals surface area contributed by atoms with Crippen LogP contribution >= 0.6 is 0 Å². The number of carbonyl (C=O) groups is 3. The average molecular weight is 494 g/mol. The van der Waals surface area contributed by atoms with Crippen molar-refractivity contribution in [2.75, 3.05) is 26.2 Å². The number of rotatable bonds is 5. The highest BCUT2D eigenvalue weighted by atomic mass is 16.5. The average Bonchev–Trinajstić information content (AvgIpc) is 3.61. The molecule has 192 valence electrons. The van der Waals surface area contributed by atoms with E-state index in [-0.39, 0.29) is 42.1 Å².